The minimum Gasteiger partial charge on any atom is -0.427 e. The van der Waals surface area contributed by atoms with Crippen LogP contribution in [-0.4, -0.2) is 47.7 Å². The minimum absolute atomic E-state index is 0.286. The Hall–Kier alpha value is -0.0951. The van der Waals surface area contributed by atoms with Gasteiger partial charge in [-0.2, -0.15) is 0 Å². The summed E-state index contributed by atoms with van der Waals surface area (Å²) in [6.07, 6.45) is 8.35. The Bertz CT molecular complexity index is 187. The molecule has 0 amide bonds. The van der Waals surface area contributed by atoms with E-state index in [1.165, 1.54) is 38.9 Å². The summed E-state index contributed by atoms with van der Waals surface area (Å²) in [6.45, 7) is 3.73. The third-order valence-electron chi connectivity index (χ3n) is 3.54. The van der Waals surface area contributed by atoms with E-state index in [0.717, 1.165) is 25.7 Å². The third-order valence-corrected chi connectivity index (χ3v) is 3.54. The standard InChI is InChI=1S/C12H27BN2O2/c14-12(6-1-2-8-13(16)17)7-5-11-15-9-3-4-10-15/h12,16-17H,1-11,14H2. The van der Waals surface area contributed by atoms with Gasteiger partial charge in [0.25, 0.3) is 0 Å². The molecular formula is C12H27BN2O2. The van der Waals surface area contributed by atoms with Gasteiger partial charge in [0.1, 0.15) is 0 Å². The maximum atomic E-state index is 8.70. The summed E-state index contributed by atoms with van der Waals surface area (Å²) in [5, 5.41) is 17.4. The lowest BCUT2D eigenvalue weighted by Gasteiger charge is -2.16. The molecule has 0 bridgehead atoms. The lowest BCUT2D eigenvalue weighted by molar-refractivity contribution is 0.322. The molecule has 1 fully saturated rings. The van der Waals surface area contributed by atoms with E-state index in [1.54, 1.807) is 0 Å². The normalized spacial score (nSPS) is 18.5. The van der Waals surface area contributed by atoms with Gasteiger partial charge in [-0.05, 0) is 58.1 Å². The summed E-state index contributed by atoms with van der Waals surface area (Å²) in [6, 6.07) is 0.286. The minimum atomic E-state index is -1.15. The quantitative estimate of drug-likeness (QED) is 0.414. The number of hydrogen-bond acceptors (Lipinski definition) is 4. The lowest BCUT2D eigenvalue weighted by atomic mass is 9.83. The Labute approximate surface area is 105 Å². The van der Waals surface area contributed by atoms with Gasteiger partial charge in [0.05, 0.1) is 0 Å². The summed E-state index contributed by atoms with van der Waals surface area (Å²) >= 11 is 0. The SMILES string of the molecule is NC(CCCCB(O)O)CCCN1CCCC1. The second-order valence-electron chi connectivity index (χ2n) is 5.22. The van der Waals surface area contributed by atoms with Crippen LogP contribution in [0.5, 0.6) is 0 Å². The van der Waals surface area contributed by atoms with Crippen molar-refractivity contribution in [3.05, 3.63) is 0 Å². The lowest BCUT2D eigenvalue weighted by Crippen LogP contribution is -2.25. The highest BCUT2D eigenvalue weighted by molar-refractivity contribution is 6.40. The number of unbranched alkanes of at least 4 members (excludes halogenated alkanes) is 1. The highest BCUT2D eigenvalue weighted by atomic mass is 16.4. The summed E-state index contributed by atoms with van der Waals surface area (Å²) in [5.74, 6) is 0. The fraction of sp³-hybridized carbons (Fsp3) is 1.00. The van der Waals surface area contributed by atoms with Crippen LogP contribution in [0.3, 0.4) is 0 Å². The van der Waals surface area contributed by atoms with Gasteiger partial charge in [0, 0.05) is 6.04 Å². The van der Waals surface area contributed by atoms with E-state index < -0.39 is 7.12 Å². The maximum Gasteiger partial charge on any atom is 0.451 e. The molecule has 0 aromatic carbocycles. The Kier molecular flexibility index (Phi) is 7.85. The first-order valence-corrected chi connectivity index (χ1v) is 7.02. The van der Waals surface area contributed by atoms with Gasteiger partial charge in [0.2, 0.25) is 0 Å². The van der Waals surface area contributed by atoms with E-state index in [1.807, 2.05) is 0 Å². The summed E-state index contributed by atoms with van der Waals surface area (Å²) < 4.78 is 0. The first kappa shape index (κ1) is 15.0. The molecule has 1 aliphatic heterocycles. The van der Waals surface area contributed by atoms with Gasteiger partial charge < -0.3 is 20.7 Å². The van der Waals surface area contributed by atoms with Crippen LogP contribution in [0.2, 0.25) is 6.32 Å². The van der Waals surface area contributed by atoms with E-state index in [9.17, 15) is 0 Å². The van der Waals surface area contributed by atoms with E-state index in [0.29, 0.717) is 6.32 Å². The highest BCUT2D eigenvalue weighted by Gasteiger charge is 2.11. The average Bonchev–Trinajstić information content (AvgIpc) is 2.77. The Morgan fingerprint density at radius 3 is 2.35 bits per heavy atom. The van der Waals surface area contributed by atoms with Crippen molar-refractivity contribution in [3.63, 3.8) is 0 Å². The third kappa shape index (κ3) is 7.76. The van der Waals surface area contributed by atoms with Crippen molar-refractivity contribution in [2.24, 2.45) is 5.73 Å². The van der Waals surface area contributed by atoms with Gasteiger partial charge >= 0.3 is 7.12 Å². The zero-order valence-electron chi connectivity index (χ0n) is 10.9. The summed E-state index contributed by atoms with van der Waals surface area (Å²) in [5.41, 5.74) is 6.03. The van der Waals surface area contributed by atoms with E-state index in [-0.39, 0.29) is 6.04 Å². The molecule has 4 N–H and O–H groups in total. The van der Waals surface area contributed by atoms with Crippen molar-refractivity contribution < 1.29 is 10.0 Å². The number of likely N-dealkylation sites (tertiary alicyclic amines) is 1. The van der Waals surface area contributed by atoms with Crippen LogP contribution in [0, 0.1) is 0 Å². The molecule has 0 aromatic heterocycles. The fourth-order valence-electron chi connectivity index (χ4n) is 2.46. The number of hydrogen-bond donors (Lipinski definition) is 3. The van der Waals surface area contributed by atoms with Gasteiger partial charge in [-0.3, -0.25) is 0 Å². The Morgan fingerprint density at radius 2 is 1.71 bits per heavy atom. The van der Waals surface area contributed by atoms with Crippen LogP contribution in [-0.2, 0) is 0 Å². The molecule has 0 aliphatic carbocycles. The molecule has 0 radical (unpaired) electrons. The van der Waals surface area contributed by atoms with Crippen LogP contribution in [0.4, 0.5) is 0 Å². The van der Waals surface area contributed by atoms with Crippen LogP contribution >= 0.6 is 0 Å². The van der Waals surface area contributed by atoms with Gasteiger partial charge in [-0.1, -0.05) is 12.8 Å². The molecule has 1 aliphatic rings. The van der Waals surface area contributed by atoms with Crippen molar-refractivity contribution >= 4 is 7.12 Å². The van der Waals surface area contributed by atoms with E-state index >= 15 is 0 Å². The highest BCUT2D eigenvalue weighted by Crippen LogP contribution is 2.11. The first-order valence-electron chi connectivity index (χ1n) is 7.02. The topological polar surface area (TPSA) is 69.7 Å². The van der Waals surface area contributed by atoms with Crippen molar-refractivity contribution in [2.45, 2.75) is 57.3 Å². The molecule has 1 atom stereocenters. The predicted molar refractivity (Wildman–Crippen MR) is 71.7 cm³/mol. The largest absolute Gasteiger partial charge is 0.451 e. The molecule has 5 heteroatoms. The molecule has 17 heavy (non-hydrogen) atoms. The second kappa shape index (κ2) is 8.92. The molecule has 1 unspecified atom stereocenters. The maximum absolute atomic E-state index is 8.70. The van der Waals surface area contributed by atoms with Crippen LogP contribution in [0.1, 0.15) is 44.9 Å². The predicted octanol–water partition coefficient (Wildman–Crippen LogP) is 0.833. The van der Waals surface area contributed by atoms with Gasteiger partial charge in [-0.15, -0.1) is 0 Å². The molecular weight excluding hydrogens is 215 g/mol. The fourth-order valence-corrected chi connectivity index (χ4v) is 2.46. The Balaban J connectivity index is 1.88. The monoisotopic (exact) mass is 242 g/mol. The van der Waals surface area contributed by atoms with Crippen molar-refractivity contribution in [2.75, 3.05) is 19.6 Å². The zero-order valence-corrected chi connectivity index (χ0v) is 10.9. The second-order valence-corrected chi connectivity index (χ2v) is 5.22. The molecule has 4 nitrogen and oxygen atoms in total. The number of rotatable bonds is 9. The van der Waals surface area contributed by atoms with Gasteiger partial charge in [-0.25, -0.2) is 0 Å². The molecule has 1 saturated heterocycles. The van der Waals surface area contributed by atoms with Crippen molar-refractivity contribution in [1.29, 1.82) is 0 Å². The van der Waals surface area contributed by atoms with Crippen LogP contribution in [0.25, 0.3) is 0 Å². The summed E-state index contributed by atoms with van der Waals surface area (Å²) in [7, 11) is -1.15. The first-order chi connectivity index (χ1) is 8.18. The van der Waals surface area contributed by atoms with Crippen LogP contribution in [0.15, 0.2) is 0 Å². The molecule has 1 rings (SSSR count). The molecule has 0 spiro atoms. The van der Waals surface area contributed by atoms with E-state index in [2.05, 4.69) is 4.90 Å². The van der Waals surface area contributed by atoms with Crippen molar-refractivity contribution in [1.82, 2.24) is 4.90 Å². The van der Waals surface area contributed by atoms with E-state index in [4.69, 9.17) is 15.8 Å². The van der Waals surface area contributed by atoms with Gasteiger partial charge in [0.15, 0.2) is 0 Å². The number of nitrogens with zero attached hydrogens (tertiary/aromatic N) is 1. The Morgan fingerprint density at radius 1 is 1.06 bits per heavy atom. The van der Waals surface area contributed by atoms with Crippen LogP contribution < -0.4 is 5.73 Å². The summed E-state index contributed by atoms with van der Waals surface area (Å²) in [4.78, 5) is 2.52. The smallest absolute Gasteiger partial charge is 0.427 e. The number of nitrogens with two attached hydrogens (primary N) is 1. The average molecular weight is 242 g/mol. The molecule has 1 heterocycles. The molecule has 0 saturated carbocycles. The zero-order chi connectivity index (χ0) is 12.5. The molecule has 0 aromatic rings. The van der Waals surface area contributed by atoms with Crippen molar-refractivity contribution in [3.8, 4) is 0 Å². The molecule has 100 valence electrons.